The minimum atomic E-state index is 0.769. The van der Waals surface area contributed by atoms with E-state index in [2.05, 4.69) is 47.2 Å². The van der Waals surface area contributed by atoms with E-state index in [0.29, 0.717) is 0 Å². The highest BCUT2D eigenvalue weighted by atomic mass is 32.1. The zero-order chi connectivity index (χ0) is 19.2. The van der Waals surface area contributed by atoms with Crippen LogP contribution >= 0.6 is 11.3 Å². The highest BCUT2D eigenvalue weighted by Gasteiger charge is 2.13. The molecule has 0 spiro atoms. The summed E-state index contributed by atoms with van der Waals surface area (Å²) >= 11 is 1.80. The Balaban J connectivity index is 1.58. The number of para-hydroxylation sites is 1. The average molecular weight is 390 g/mol. The van der Waals surface area contributed by atoms with E-state index in [1.54, 1.807) is 18.4 Å². The van der Waals surface area contributed by atoms with Gasteiger partial charge in [-0.25, -0.2) is 4.68 Å². The van der Waals surface area contributed by atoms with E-state index in [0.717, 1.165) is 42.2 Å². The number of hydrogen-bond acceptors (Lipinski definition) is 4. The van der Waals surface area contributed by atoms with Crippen LogP contribution in [0.4, 0.5) is 0 Å². The van der Waals surface area contributed by atoms with Crippen molar-refractivity contribution in [3.05, 3.63) is 88.7 Å². The summed E-state index contributed by atoms with van der Waals surface area (Å²) in [5.74, 6) is 0.836. The van der Waals surface area contributed by atoms with Gasteiger partial charge in [-0.2, -0.15) is 5.10 Å². The molecule has 4 aromatic rings. The molecule has 28 heavy (non-hydrogen) atoms. The molecule has 4 nitrogen and oxygen atoms in total. The number of thiophene rings is 1. The van der Waals surface area contributed by atoms with Gasteiger partial charge in [-0.3, -0.25) is 0 Å². The Hall–Kier alpha value is -2.89. The first-order chi connectivity index (χ1) is 13.8. The molecule has 2 aromatic heterocycles. The molecule has 142 valence electrons. The Morgan fingerprint density at radius 3 is 2.71 bits per heavy atom. The molecule has 0 aliphatic rings. The van der Waals surface area contributed by atoms with Crippen molar-refractivity contribution in [2.75, 3.05) is 13.7 Å². The maximum Gasteiger partial charge on any atom is 0.119 e. The summed E-state index contributed by atoms with van der Waals surface area (Å²) in [6.07, 6.45) is 3.15. The highest BCUT2D eigenvalue weighted by Crippen LogP contribution is 2.27. The fourth-order valence-corrected chi connectivity index (χ4v) is 3.86. The van der Waals surface area contributed by atoms with Crippen LogP contribution in [-0.2, 0) is 13.0 Å². The van der Waals surface area contributed by atoms with Gasteiger partial charge >= 0.3 is 0 Å². The molecule has 0 saturated carbocycles. The monoisotopic (exact) mass is 389 g/mol. The van der Waals surface area contributed by atoms with Gasteiger partial charge in [-0.05, 0) is 42.1 Å². The van der Waals surface area contributed by atoms with Gasteiger partial charge in [0, 0.05) is 35.3 Å². The summed E-state index contributed by atoms with van der Waals surface area (Å²) in [4.78, 5) is 1.40. The summed E-state index contributed by atoms with van der Waals surface area (Å²) in [7, 11) is 1.69. The van der Waals surface area contributed by atoms with Gasteiger partial charge in [0.1, 0.15) is 5.75 Å². The quantitative estimate of drug-likeness (QED) is 0.434. The number of ether oxygens (including phenoxy) is 1. The SMILES string of the molecule is COc1cccc(-c2nn(-c3ccccc3)cc2CNCCc2cccs2)c1. The number of nitrogens with zero attached hydrogens (tertiary/aromatic N) is 2. The maximum absolute atomic E-state index is 5.40. The molecular formula is C23H23N3OS. The fourth-order valence-electron chi connectivity index (χ4n) is 3.15. The van der Waals surface area contributed by atoms with E-state index in [9.17, 15) is 0 Å². The molecule has 5 heteroatoms. The molecule has 0 aliphatic carbocycles. The van der Waals surface area contributed by atoms with Crippen LogP contribution in [0.1, 0.15) is 10.4 Å². The van der Waals surface area contributed by atoms with Crippen molar-refractivity contribution in [1.29, 1.82) is 0 Å². The molecule has 2 heterocycles. The summed E-state index contributed by atoms with van der Waals surface area (Å²) in [6.45, 7) is 1.71. The van der Waals surface area contributed by atoms with Crippen molar-refractivity contribution >= 4 is 11.3 Å². The van der Waals surface area contributed by atoms with Crippen LogP contribution in [0.2, 0.25) is 0 Å². The van der Waals surface area contributed by atoms with E-state index in [1.807, 2.05) is 41.1 Å². The van der Waals surface area contributed by atoms with Crippen LogP contribution in [0.25, 0.3) is 16.9 Å². The third-order valence-corrected chi connectivity index (χ3v) is 5.53. The van der Waals surface area contributed by atoms with Gasteiger partial charge in [0.2, 0.25) is 0 Å². The van der Waals surface area contributed by atoms with Gasteiger partial charge in [0.15, 0.2) is 0 Å². The molecule has 1 N–H and O–H groups in total. The van der Waals surface area contributed by atoms with E-state index < -0.39 is 0 Å². The average Bonchev–Trinajstić information content (AvgIpc) is 3.42. The number of rotatable bonds is 8. The number of benzene rings is 2. The van der Waals surface area contributed by atoms with Crippen LogP contribution in [0, 0.1) is 0 Å². The molecule has 0 fully saturated rings. The molecule has 0 radical (unpaired) electrons. The lowest BCUT2D eigenvalue weighted by Gasteiger charge is -2.06. The maximum atomic E-state index is 5.40. The highest BCUT2D eigenvalue weighted by molar-refractivity contribution is 7.09. The summed E-state index contributed by atoms with van der Waals surface area (Å²) in [6, 6.07) is 22.6. The Labute approximate surface area is 169 Å². The van der Waals surface area contributed by atoms with Crippen molar-refractivity contribution in [1.82, 2.24) is 15.1 Å². The largest absolute Gasteiger partial charge is 0.497 e. The predicted octanol–water partition coefficient (Wildman–Crippen LogP) is 4.94. The normalized spacial score (nSPS) is 10.9. The van der Waals surface area contributed by atoms with Gasteiger partial charge in [0.25, 0.3) is 0 Å². The second kappa shape index (κ2) is 8.87. The van der Waals surface area contributed by atoms with Gasteiger partial charge in [-0.15, -0.1) is 11.3 Å². The topological polar surface area (TPSA) is 39.1 Å². The third kappa shape index (κ3) is 4.32. The van der Waals surface area contributed by atoms with E-state index in [1.165, 1.54) is 10.4 Å². The molecule has 2 aromatic carbocycles. The summed E-state index contributed by atoms with van der Waals surface area (Å²) in [5.41, 5.74) is 4.26. The Kier molecular flexibility index (Phi) is 5.85. The molecular weight excluding hydrogens is 366 g/mol. The number of aromatic nitrogens is 2. The van der Waals surface area contributed by atoms with Crippen LogP contribution in [0.15, 0.2) is 78.3 Å². The molecule has 0 saturated heterocycles. The Morgan fingerprint density at radius 2 is 1.93 bits per heavy atom. The van der Waals surface area contributed by atoms with Crippen molar-refractivity contribution < 1.29 is 4.74 Å². The molecule has 0 atom stereocenters. The van der Waals surface area contributed by atoms with Crippen molar-refractivity contribution in [2.24, 2.45) is 0 Å². The third-order valence-electron chi connectivity index (χ3n) is 4.60. The fraction of sp³-hybridized carbons (Fsp3) is 0.174. The summed E-state index contributed by atoms with van der Waals surface area (Å²) in [5, 5.41) is 10.6. The zero-order valence-corrected chi connectivity index (χ0v) is 16.7. The number of methoxy groups -OCH3 is 1. The number of nitrogens with one attached hydrogen (secondary N) is 1. The van der Waals surface area contributed by atoms with Crippen LogP contribution in [0.3, 0.4) is 0 Å². The summed E-state index contributed by atoms with van der Waals surface area (Å²) < 4.78 is 7.35. The second-order valence-corrected chi connectivity index (χ2v) is 7.55. The van der Waals surface area contributed by atoms with Crippen molar-refractivity contribution in [2.45, 2.75) is 13.0 Å². The van der Waals surface area contributed by atoms with Gasteiger partial charge in [-0.1, -0.05) is 36.4 Å². The Morgan fingerprint density at radius 1 is 1.04 bits per heavy atom. The number of hydrogen-bond donors (Lipinski definition) is 1. The minimum absolute atomic E-state index is 0.769. The lowest BCUT2D eigenvalue weighted by molar-refractivity contribution is 0.415. The smallest absolute Gasteiger partial charge is 0.119 e. The second-order valence-electron chi connectivity index (χ2n) is 6.52. The van der Waals surface area contributed by atoms with Crippen LogP contribution in [0.5, 0.6) is 5.75 Å². The standard InChI is InChI=1S/C23H23N3OS/c1-27-21-10-5-7-18(15-21)23-19(16-24-13-12-22-11-6-14-28-22)17-26(25-23)20-8-3-2-4-9-20/h2-11,14-15,17,24H,12-13,16H2,1H3. The molecule has 4 rings (SSSR count). The van der Waals surface area contributed by atoms with E-state index >= 15 is 0 Å². The minimum Gasteiger partial charge on any atom is -0.497 e. The molecule has 0 aliphatic heterocycles. The van der Waals surface area contributed by atoms with E-state index in [4.69, 9.17) is 9.84 Å². The lowest BCUT2D eigenvalue weighted by atomic mass is 10.1. The van der Waals surface area contributed by atoms with E-state index in [-0.39, 0.29) is 0 Å². The van der Waals surface area contributed by atoms with Gasteiger partial charge in [0.05, 0.1) is 18.5 Å². The van der Waals surface area contributed by atoms with Crippen molar-refractivity contribution in [3.63, 3.8) is 0 Å². The van der Waals surface area contributed by atoms with Crippen LogP contribution < -0.4 is 10.1 Å². The first kappa shape index (κ1) is 18.5. The van der Waals surface area contributed by atoms with Gasteiger partial charge < -0.3 is 10.1 Å². The molecule has 0 unspecified atom stereocenters. The van der Waals surface area contributed by atoms with Crippen LogP contribution in [-0.4, -0.2) is 23.4 Å². The van der Waals surface area contributed by atoms with Crippen molar-refractivity contribution in [3.8, 4) is 22.7 Å². The Bertz CT molecular complexity index is 1010. The lowest BCUT2D eigenvalue weighted by Crippen LogP contribution is -2.16. The zero-order valence-electron chi connectivity index (χ0n) is 15.8. The first-order valence-corrected chi connectivity index (χ1v) is 10.2. The first-order valence-electron chi connectivity index (χ1n) is 9.35. The molecule has 0 amide bonds. The predicted molar refractivity (Wildman–Crippen MR) is 115 cm³/mol. The molecule has 0 bridgehead atoms.